The van der Waals surface area contributed by atoms with Crippen molar-refractivity contribution in [1.29, 1.82) is 0 Å². The minimum absolute atomic E-state index is 0.477. The lowest BCUT2D eigenvalue weighted by Crippen LogP contribution is -2.37. The van der Waals surface area contributed by atoms with E-state index in [0.717, 1.165) is 25.4 Å². The molecule has 0 spiro atoms. The van der Waals surface area contributed by atoms with Gasteiger partial charge in [-0.25, -0.2) is 0 Å². The summed E-state index contributed by atoms with van der Waals surface area (Å²) in [6, 6.07) is 10.5. The number of benzene rings is 1. The van der Waals surface area contributed by atoms with Crippen LogP contribution in [0.3, 0.4) is 0 Å². The van der Waals surface area contributed by atoms with Gasteiger partial charge < -0.3 is 4.74 Å². The van der Waals surface area contributed by atoms with Crippen LogP contribution < -0.4 is 4.74 Å². The largest absolute Gasteiger partial charge is 0.492 e. The molecule has 0 aliphatic carbocycles. The van der Waals surface area contributed by atoms with Crippen molar-refractivity contribution in [2.45, 2.75) is 33.2 Å². The topological polar surface area (TPSA) is 12.5 Å². The van der Waals surface area contributed by atoms with Crippen molar-refractivity contribution in [3.05, 3.63) is 30.3 Å². The molecule has 0 heterocycles. The number of hydrogen-bond donors (Lipinski definition) is 0. The molecule has 0 amide bonds. The van der Waals surface area contributed by atoms with Crippen molar-refractivity contribution in [1.82, 2.24) is 4.90 Å². The van der Waals surface area contributed by atoms with E-state index in [1.54, 1.807) is 0 Å². The zero-order valence-corrected chi connectivity index (χ0v) is 10.6. The van der Waals surface area contributed by atoms with Crippen LogP contribution in [0.2, 0.25) is 0 Å². The molecular formula is C14H23NO. The third-order valence-electron chi connectivity index (χ3n) is 2.77. The van der Waals surface area contributed by atoms with E-state index in [2.05, 4.69) is 25.7 Å². The van der Waals surface area contributed by atoms with Crippen LogP contribution in [0.15, 0.2) is 30.3 Å². The second kappa shape index (κ2) is 7.29. The maximum absolute atomic E-state index is 5.76. The molecule has 0 aromatic heterocycles. The van der Waals surface area contributed by atoms with Crippen LogP contribution in [0.4, 0.5) is 0 Å². The fourth-order valence-corrected chi connectivity index (χ4v) is 1.82. The zero-order valence-electron chi connectivity index (χ0n) is 10.6. The monoisotopic (exact) mass is 221 g/mol. The Bertz CT molecular complexity index is 273. The van der Waals surface area contributed by atoms with E-state index >= 15 is 0 Å². The van der Waals surface area contributed by atoms with Gasteiger partial charge >= 0.3 is 0 Å². The Hall–Kier alpha value is -1.02. The van der Waals surface area contributed by atoms with Crippen molar-refractivity contribution >= 4 is 0 Å². The van der Waals surface area contributed by atoms with Crippen LogP contribution in [-0.4, -0.2) is 30.6 Å². The molecule has 0 aliphatic rings. The van der Waals surface area contributed by atoms with Gasteiger partial charge in [0.15, 0.2) is 0 Å². The molecule has 1 atom stereocenters. The first-order chi connectivity index (χ1) is 7.77. The number of hydrogen-bond acceptors (Lipinski definition) is 2. The molecule has 0 saturated carbocycles. The van der Waals surface area contributed by atoms with E-state index in [-0.39, 0.29) is 0 Å². The summed E-state index contributed by atoms with van der Waals surface area (Å²) in [6.07, 6.45) is 1.20. The Kier molecular flexibility index (Phi) is 5.94. The lowest BCUT2D eigenvalue weighted by Gasteiger charge is -2.27. The Morgan fingerprint density at radius 3 is 2.44 bits per heavy atom. The first kappa shape index (κ1) is 13.0. The normalized spacial score (nSPS) is 12.8. The number of rotatable bonds is 7. The molecular weight excluding hydrogens is 198 g/mol. The minimum Gasteiger partial charge on any atom is -0.492 e. The van der Waals surface area contributed by atoms with Crippen molar-refractivity contribution < 1.29 is 4.74 Å². The fourth-order valence-electron chi connectivity index (χ4n) is 1.82. The van der Waals surface area contributed by atoms with Gasteiger partial charge in [0.2, 0.25) is 0 Å². The van der Waals surface area contributed by atoms with Crippen molar-refractivity contribution in [3.8, 4) is 5.75 Å². The summed E-state index contributed by atoms with van der Waals surface area (Å²) >= 11 is 0. The van der Waals surface area contributed by atoms with Gasteiger partial charge in [-0.05, 0) is 38.6 Å². The predicted octanol–water partition coefficient (Wildman–Crippen LogP) is 3.19. The molecule has 2 nitrogen and oxygen atoms in total. The second-order valence-electron chi connectivity index (χ2n) is 4.10. The van der Waals surface area contributed by atoms with Crippen LogP contribution in [0.25, 0.3) is 0 Å². The highest BCUT2D eigenvalue weighted by Crippen LogP contribution is 2.10. The Morgan fingerprint density at radius 2 is 1.88 bits per heavy atom. The maximum atomic E-state index is 5.76. The third kappa shape index (κ3) is 4.23. The summed E-state index contributed by atoms with van der Waals surface area (Å²) < 4.78 is 5.76. The summed E-state index contributed by atoms with van der Waals surface area (Å²) in [4.78, 5) is 2.45. The molecule has 0 aliphatic heterocycles. The standard InChI is InChI=1S/C14H23NO/c1-4-11-15(5-2)13(3)12-16-14-9-7-6-8-10-14/h6-10,13H,4-5,11-12H2,1-3H3. The average molecular weight is 221 g/mol. The van der Waals surface area contributed by atoms with Gasteiger partial charge in [0.05, 0.1) is 0 Å². The first-order valence-corrected chi connectivity index (χ1v) is 6.19. The SMILES string of the molecule is CCCN(CC)C(C)COc1ccccc1. The maximum Gasteiger partial charge on any atom is 0.119 e. The molecule has 1 unspecified atom stereocenters. The first-order valence-electron chi connectivity index (χ1n) is 6.19. The smallest absolute Gasteiger partial charge is 0.119 e. The van der Waals surface area contributed by atoms with Gasteiger partial charge in [0, 0.05) is 6.04 Å². The van der Waals surface area contributed by atoms with E-state index in [9.17, 15) is 0 Å². The molecule has 1 rings (SSSR count). The second-order valence-corrected chi connectivity index (χ2v) is 4.10. The number of ether oxygens (including phenoxy) is 1. The minimum atomic E-state index is 0.477. The van der Waals surface area contributed by atoms with E-state index in [4.69, 9.17) is 4.74 Å². The molecule has 90 valence electrons. The highest BCUT2D eigenvalue weighted by atomic mass is 16.5. The summed E-state index contributed by atoms with van der Waals surface area (Å²) in [6.45, 7) is 9.64. The van der Waals surface area contributed by atoms with E-state index in [0.29, 0.717) is 6.04 Å². The van der Waals surface area contributed by atoms with Crippen molar-refractivity contribution in [2.75, 3.05) is 19.7 Å². The summed E-state index contributed by atoms with van der Waals surface area (Å²) in [5.41, 5.74) is 0. The molecule has 0 bridgehead atoms. The van der Waals surface area contributed by atoms with Crippen LogP contribution in [0.5, 0.6) is 5.75 Å². The molecule has 16 heavy (non-hydrogen) atoms. The number of nitrogens with zero attached hydrogens (tertiary/aromatic N) is 1. The Morgan fingerprint density at radius 1 is 1.19 bits per heavy atom. The van der Waals surface area contributed by atoms with Gasteiger partial charge in [0.1, 0.15) is 12.4 Å². The lowest BCUT2D eigenvalue weighted by atomic mass is 10.2. The molecule has 0 radical (unpaired) electrons. The predicted molar refractivity (Wildman–Crippen MR) is 68.9 cm³/mol. The van der Waals surface area contributed by atoms with Gasteiger partial charge in [0.25, 0.3) is 0 Å². The van der Waals surface area contributed by atoms with Crippen molar-refractivity contribution in [2.24, 2.45) is 0 Å². The summed E-state index contributed by atoms with van der Waals surface area (Å²) in [5.74, 6) is 0.960. The third-order valence-corrected chi connectivity index (χ3v) is 2.77. The molecule has 1 aromatic rings. The molecule has 0 fully saturated rings. The number of likely N-dealkylation sites (N-methyl/N-ethyl adjacent to an activating group) is 1. The van der Waals surface area contributed by atoms with Gasteiger partial charge in [-0.3, -0.25) is 4.90 Å². The van der Waals surface area contributed by atoms with Gasteiger partial charge in [-0.2, -0.15) is 0 Å². The Labute approximate surface area is 99.2 Å². The van der Waals surface area contributed by atoms with Crippen LogP contribution >= 0.6 is 0 Å². The van der Waals surface area contributed by atoms with Gasteiger partial charge in [-0.15, -0.1) is 0 Å². The van der Waals surface area contributed by atoms with Crippen LogP contribution in [-0.2, 0) is 0 Å². The highest BCUT2D eigenvalue weighted by molar-refractivity contribution is 5.20. The summed E-state index contributed by atoms with van der Waals surface area (Å²) in [5, 5.41) is 0. The zero-order chi connectivity index (χ0) is 11.8. The number of para-hydroxylation sites is 1. The van der Waals surface area contributed by atoms with Gasteiger partial charge in [-0.1, -0.05) is 32.0 Å². The molecule has 1 aromatic carbocycles. The fraction of sp³-hybridized carbons (Fsp3) is 0.571. The summed E-state index contributed by atoms with van der Waals surface area (Å²) in [7, 11) is 0. The molecule has 0 N–H and O–H groups in total. The quantitative estimate of drug-likeness (QED) is 0.701. The van der Waals surface area contributed by atoms with Crippen molar-refractivity contribution in [3.63, 3.8) is 0 Å². The average Bonchev–Trinajstić information content (AvgIpc) is 2.34. The highest BCUT2D eigenvalue weighted by Gasteiger charge is 2.11. The van der Waals surface area contributed by atoms with E-state index < -0.39 is 0 Å². The lowest BCUT2D eigenvalue weighted by molar-refractivity contribution is 0.152. The molecule has 2 heteroatoms. The van der Waals surface area contributed by atoms with Crippen LogP contribution in [0, 0.1) is 0 Å². The Balaban J connectivity index is 2.36. The van der Waals surface area contributed by atoms with E-state index in [1.807, 2.05) is 30.3 Å². The van der Waals surface area contributed by atoms with E-state index in [1.165, 1.54) is 6.42 Å². The van der Waals surface area contributed by atoms with Crippen LogP contribution in [0.1, 0.15) is 27.2 Å². The molecule has 0 saturated heterocycles.